The summed E-state index contributed by atoms with van der Waals surface area (Å²) < 4.78 is 0. The van der Waals surface area contributed by atoms with Crippen molar-refractivity contribution < 1.29 is 0 Å². The summed E-state index contributed by atoms with van der Waals surface area (Å²) in [7, 11) is 0. The van der Waals surface area contributed by atoms with E-state index in [1.807, 2.05) is 18.3 Å². The summed E-state index contributed by atoms with van der Waals surface area (Å²) in [5, 5.41) is 1.08. The minimum absolute atomic E-state index is 0.0432. The number of benzene rings is 1. The molecule has 0 fully saturated rings. The predicted octanol–water partition coefficient (Wildman–Crippen LogP) is 5.35. The SMILES string of the molecule is CCCCCC[C@H](N)c1nc(-c2ccc(Cl)c(Cl)c2)c[nH]1. The molecule has 0 amide bonds. The fourth-order valence-corrected chi connectivity index (χ4v) is 2.56. The highest BCUT2D eigenvalue weighted by atomic mass is 35.5. The standard InChI is InChI=1S/C16H21Cl2N3/c1-2-3-4-5-6-14(19)16-20-10-15(21-16)11-7-8-12(17)13(18)9-11/h7-10,14H,2-6,19H2,1H3,(H,20,21)/t14-/m0/s1. The summed E-state index contributed by atoms with van der Waals surface area (Å²) in [5.74, 6) is 0.826. The summed E-state index contributed by atoms with van der Waals surface area (Å²) in [4.78, 5) is 7.73. The van der Waals surface area contributed by atoms with Crippen molar-refractivity contribution in [2.75, 3.05) is 0 Å². The summed E-state index contributed by atoms with van der Waals surface area (Å²) in [6, 6.07) is 5.45. The molecule has 0 spiro atoms. The number of hydrogen-bond donors (Lipinski definition) is 2. The first-order valence-corrected chi connectivity index (χ1v) is 8.13. The number of imidazole rings is 1. The Balaban J connectivity index is 2.01. The Hall–Kier alpha value is -1.03. The Morgan fingerprint density at radius 2 is 2.00 bits per heavy atom. The van der Waals surface area contributed by atoms with Crippen LogP contribution in [0.25, 0.3) is 11.3 Å². The first kappa shape index (κ1) is 16.3. The Bertz CT molecular complexity index is 581. The van der Waals surface area contributed by atoms with Gasteiger partial charge in [-0.05, 0) is 18.6 Å². The van der Waals surface area contributed by atoms with Gasteiger partial charge in [0, 0.05) is 11.8 Å². The van der Waals surface area contributed by atoms with Gasteiger partial charge in [0.25, 0.3) is 0 Å². The molecule has 3 N–H and O–H groups in total. The third-order valence-electron chi connectivity index (χ3n) is 3.53. The van der Waals surface area contributed by atoms with E-state index in [0.29, 0.717) is 10.0 Å². The van der Waals surface area contributed by atoms with Gasteiger partial charge in [-0.25, -0.2) is 4.98 Å². The molecule has 1 heterocycles. The van der Waals surface area contributed by atoms with Crippen LogP contribution in [0.2, 0.25) is 10.0 Å². The van der Waals surface area contributed by atoms with Gasteiger partial charge in [-0.15, -0.1) is 0 Å². The van der Waals surface area contributed by atoms with Crippen molar-refractivity contribution in [1.29, 1.82) is 0 Å². The number of nitrogens with zero attached hydrogens (tertiary/aromatic N) is 1. The van der Waals surface area contributed by atoms with E-state index in [4.69, 9.17) is 28.9 Å². The zero-order valence-corrected chi connectivity index (χ0v) is 13.7. The molecule has 0 bridgehead atoms. The van der Waals surface area contributed by atoms with E-state index < -0.39 is 0 Å². The van der Waals surface area contributed by atoms with E-state index in [1.54, 1.807) is 6.07 Å². The fraction of sp³-hybridized carbons (Fsp3) is 0.438. The van der Waals surface area contributed by atoms with Gasteiger partial charge < -0.3 is 10.7 Å². The van der Waals surface area contributed by atoms with E-state index >= 15 is 0 Å². The summed E-state index contributed by atoms with van der Waals surface area (Å²) in [5.41, 5.74) is 7.96. The Morgan fingerprint density at radius 1 is 1.19 bits per heavy atom. The van der Waals surface area contributed by atoms with Crippen LogP contribution in [0, 0.1) is 0 Å². The molecule has 0 unspecified atom stereocenters. The van der Waals surface area contributed by atoms with Crippen LogP contribution in [-0.2, 0) is 0 Å². The van der Waals surface area contributed by atoms with Gasteiger partial charge in [-0.1, -0.05) is 61.9 Å². The first-order chi connectivity index (χ1) is 10.1. The molecule has 0 saturated carbocycles. The van der Waals surface area contributed by atoms with Crippen molar-refractivity contribution in [2.45, 2.75) is 45.1 Å². The van der Waals surface area contributed by atoms with Crippen molar-refractivity contribution in [2.24, 2.45) is 5.73 Å². The molecule has 0 aliphatic rings. The topological polar surface area (TPSA) is 54.7 Å². The second-order valence-corrected chi connectivity index (χ2v) is 6.07. The highest BCUT2D eigenvalue weighted by Gasteiger charge is 2.12. The third kappa shape index (κ3) is 4.47. The number of H-pyrrole nitrogens is 1. The number of nitrogens with one attached hydrogen (secondary N) is 1. The molecule has 2 rings (SSSR count). The highest BCUT2D eigenvalue weighted by molar-refractivity contribution is 6.42. The molecule has 5 heteroatoms. The molecule has 1 aromatic heterocycles. The van der Waals surface area contributed by atoms with Crippen LogP contribution >= 0.6 is 23.2 Å². The lowest BCUT2D eigenvalue weighted by molar-refractivity contribution is 0.550. The maximum atomic E-state index is 6.18. The van der Waals surface area contributed by atoms with E-state index in [0.717, 1.165) is 29.9 Å². The number of halogens is 2. The predicted molar refractivity (Wildman–Crippen MR) is 89.7 cm³/mol. The summed E-state index contributed by atoms with van der Waals surface area (Å²) in [6.07, 6.45) is 7.67. The molecular formula is C16H21Cl2N3. The lowest BCUT2D eigenvalue weighted by Crippen LogP contribution is -2.11. The van der Waals surface area contributed by atoms with Crippen LogP contribution in [0.4, 0.5) is 0 Å². The number of aromatic nitrogens is 2. The summed E-state index contributed by atoms with van der Waals surface area (Å²) >= 11 is 12.0. The van der Waals surface area contributed by atoms with Gasteiger partial charge in [0.15, 0.2) is 0 Å². The summed E-state index contributed by atoms with van der Waals surface area (Å²) in [6.45, 7) is 2.20. The van der Waals surface area contributed by atoms with Gasteiger partial charge in [-0.2, -0.15) is 0 Å². The van der Waals surface area contributed by atoms with Crippen LogP contribution < -0.4 is 5.73 Å². The monoisotopic (exact) mass is 325 g/mol. The molecular weight excluding hydrogens is 305 g/mol. The second kappa shape index (κ2) is 7.83. The molecule has 0 aliphatic heterocycles. The molecule has 1 atom stereocenters. The zero-order chi connectivity index (χ0) is 15.2. The van der Waals surface area contributed by atoms with Crippen LogP contribution in [-0.4, -0.2) is 9.97 Å². The third-order valence-corrected chi connectivity index (χ3v) is 4.27. The largest absolute Gasteiger partial charge is 0.347 e. The molecule has 114 valence electrons. The van der Waals surface area contributed by atoms with Crippen molar-refractivity contribution in [3.63, 3.8) is 0 Å². The Kier molecular flexibility index (Phi) is 6.09. The lowest BCUT2D eigenvalue weighted by Gasteiger charge is -2.08. The minimum Gasteiger partial charge on any atom is -0.347 e. The minimum atomic E-state index is -0.0432. The van der Waals surface area contributed by atoms with Crippen molar-refractivity contribution in [1.82, 2.24) is 9.97 Å². The molecule has 21 heavy (non-hydrogen) atoms. The average molecular weight is 326 g/mol. The number of hydrogen-bond acceptors (Lipinski definition) is 2. The molecule has 1 aromatic carbocycles. The maximum absolute atomic E-state index is 6.18. The Morgan fingerprint density at radius 3 is 2.71 bits per heavy atom. The van der Waals surface area contributed by atoms with Gasteiger partial charge in [-0.3, -0.25) is 0 Å². The van der Waals surface area contributed by atoms with Crippen LogP contribution in [0.3, 0.4) is 0 Å². The van der Waals surface area contributed by atoms with E-state index in [2.05, 4.69) is 16.9 Å². The highest BCUT2D eigenvalue weighted by Crippen LogP contribution is 2.28. The molecule has 0 saturated heterocycles. The van der Waals surface area contributed by atoms with E-state index in [-0.39, 0.29) is 6.04 Å². The average Bonchev–Trinajstić information content (AvgIpc) is 2.96. The van der Waals surface area contributed by atoms with Crippen LogP contribution in [0.5, 0.6) is 0 Å². The molecule has 0 aliphatic carbocycles. The quantitative estimate of drug-likeness (QED) is 0.674. The number of aromatic amines is 1. The van der Waals surface area contributed by atoms with E-state index in [1.165, 1.54) is 19.3 Å². The van der Waals surface area contributed by atoms with E-state index in [9.17, 15) is 0 Å². The fourth-order valence-electron chi connectivity index (χ4n) is 2.26. The van der Waals surface area contributed by atoms with Crippen molar-refractivity contribution >= 4 is 23.2 Å². The van der Waals surface area contributed by atoms with Gasteiger partial charge in [0.05, 0.1) is 21.8 Å². The molecule has 3 nitrogen and oxygen atoms in total. The second-order valence-electron chi connectivity index (χ2n) is 5.26. The smallest absolute Gasteiger partial charge is 0.123 e. The normalized spacial score (nSPS) is 12.6. The van der Waals surface area contributed by atoms with Crippen LogP contribution in [0.1, 0.15) is 50.9 Å². The number of rotatable bonds is 7. The van der Waals surface area contributed by atoms with Gasteiger partial charge >= 0.3 is 0 Å². The number of unbranched alkanes of at least 4 members (excludes halogenated alkanes) is 3. The molecule has 2 aromatic rings. The number of nitrogens with two attached hydrogens (primary N) is 1. The lowest BCUT2D eigenvalue weighted by atomic mass is 10.1. The van der Waals surface area contributed by atoms with Gasteiger partial charge in [0.1, 0.15) is 5.82 Å². The Labute approximate surface area is 135 Å². The van der Waals surface area contributed by atoms with Gasteiger partial charge in [0.2, 0.25) is 0 Å². The first-order valence-electron chi connectivity index (χ1n) is 7.38. The zero-order valence-electron chi connectivity index (χ0n) is 12.2. The van der Waals surface area contributed by atoms with Crippen LogP contribution in [0.15, 0.2) is 24.4 Å². The van der Waals surface area contributed by atoms with Crippen molar-refractivity contribution in [3.05, 3.63) is 40.3 Å². The maximum Gasteiger partial charge on any atom is 0.123 e. The molecule has 0 radical (unpaired) electrons. The van der Waals surface area contributed by atoms with Crippen molar-refractivity contribution in [3.8, 4) is 11.3 Å².